The van der Waals surface area contributed by atoms with E-state index >= 15 is 0 Å². The largest absolute Gasteiger partial charge is 0.319 e. The van der Waals surface area contributed by atoms with Crippen LogP contribution in [0, 0.1) is 6.92 Å². The van der Waals surface area contributed by atoms with Gasteiger partial charge in [0.05, 0.1) is 17.1 Å². The fraction of sp³-hybridized carbons (Fsp3) is 0.474. The predicted octanol–water partition coefficient (Wildman–Crippen LogP) is 3.49. The third kappa shape index (κ3) is 4.00. The molecule has 0 radical (unpaired) electrons. The van der Waals surface area contributed by atoms with E-state index in [1.807, 2.05) is 44.3 Å². The van der Waals surface area contributed by atoms with Gasteiger partial charge >= 0.3 is 0 Å². The standard InChI is InChI=1S/C19H25N3O2S/c1-14-18(20-17(23)13-25-16-11-7-4-8-12-16)19(24)22(21(14)2)15-9-5-3-6-10-15/h3,5-6,9-10,16H,4,7-8,11-13H2,1-2H3,(H,20,23). The molecule has 1 aliphatic rings. The second-order valence-electron chi connectivity index (χ2n) is 6.56. The summed E-state index contributed by atoms with van der Waals surface area (Å²) >= 11 is 1.72. The van der Waals surface area contributed by atoms with Crippen molar-refractivity contribution in [2.45, 2.75) is 44.3 Å². The Morgan fingerprint density at radius 3 is 2.56 bits per heavy atom. The van der Waals surface area contributed by atoms with Crippen LogP contribution in [0.4, 0.5) is 5.69 Å². The molecule has 1 N–H and O–H groups in total. The van der Waals surface area contributed by atoms with Gasteiger partial charge in [0.15, 0.2) is 0 Å². The van der Waals surface area contributed by atoms with Crippen LogP contribution in [-0.2, 0) is 11.8 Å². The molecular formula is C19H25N3O2S. The number of para-hydroxylation sites is 1. The molecule has 0 bridgehead atoms. The summed E-state index contributed by atoms with van der Waals surface area (Å²) in [7, 11) is 1.83. The number of hydrogen-bond donors (Lipinski definition) is 1. The highest BCUT2D eigenvalue weighted by molar-refractivity contribution is 8.00. The molecule has 3 rings (SSSR count). The van der Waals surface area contributed by atoms with Crippen LogP contribution in [-0.4, -0.2) is 26.3 Å². The van der Waals surface area contributed by atoms with Crippen molar-refractivity contribution in [3.05, 3.63) is 46.4 Å². The minimum atomic E-state index is -0.192. The molecule has 1 amide bonds. The number of aromatic nitrogens is 2. The van der Waals surface area contributed by atoms with Gasteiger partial charge in [-0.15, -0.1) is 11.8 Å². The van der Waals surface area contributed by atoms with Crippen molar-refractivity contribution in [1.82, 2.24) is 9.36 Å². The molecule has 0 saturated heterocycles. The molecule has 25 heavy (non-hydrogen) atoms. The Bertz CT molecular complexity index is 789. The monoisotopic (exact) mass is 359 g/mol. The maximum absolute atomic E-state index is 12.8. The van der Waals surface area contributed by atoms with Gasteiger partial charge in [-0.2, -0.15) is 0 Å². The van der Waals surface area contributed by atoms with Crippen LogP contribution in [0.5, 0.6) is 0 Å². The minimum Gasteiger partial charge on any atom is -0.319 e. The summed E-state index contributed by atoms with van der Waals surface area (Å²) in [4.78, 5) is 25.1. The number of nitrogens with one attached hydrogen (secondary N) is 1. The van der Waals surface area contributed by atoms with E-state index < -0.39 is 0 Å². The van der Waals surface area contributed by atoms with E-state index in [0.717, 1.165) is 11.4 Å². The summed E-state index contributed by atoms with van der Waals surface area (Å²) in [6.45, 7) is 1.85. The molecule has 1 fully saturated rings. The number of carbonyl (C=O) groups excluding carboxylic acids is 1. The quantitative estimate of drug-likeness (QED) is 0.889. The van der Waals surface area contributed by atoms with Crippen molar-refractivity contribution >= 4 is 23.4 Å². The zero-order valence-corrected chi connectivity index (χ0v) is 15.6. The minimum absolute atomic E-state index is 0.0958. The van der Waals surface area contributed by atoms with E-state index in [1.54, 1.807) is 21.1 Å². The van der Waals surface area contributed by atoms with Gasteiger partial charge in [0.2, 0.25) is 5.91 Å². The third-order valence-corrected chi connectivity index (χ3v) is 6.19. The molecular weight excluding hydrogens is 334 g/mol. The van der Waals surface area contributed by atoms with Crippen molar-refractivity contribution in [2.75, 3.05) is 11.1 Å². The van der Waals surface area contributed by atoms with E-state index in [0.29, 0.717) is 16.7 Å². The van der Waals surface area contributed by atoms with E-state index in [9.17, 15) is 9.59 Å². The lowest BCUT2D eigenvalue weighted by Crippen LogP contribution is -2.24. The molecule has 1 heterocycles. The molecule has 0 aliphatic heterocycles. The van der Waals surface area contributed by atoms with E-state index in [-0.39, 0.29) is 11.5 Å². The predicted molar refractivity (Wildman–Crippen MR) is 104 cm³/mol. The number of hydrogen-bond acceptors (Lipinski definition) is 3. The lowest BCUT2D eigenvalue weighted by molar-refractivity contribution is -0.113. The first-order valence-corrected chi connectivity index (χ1v) is 9.88. The lowest BCUT2D eigenvalue weighted by atomic mass is 10.0. The highest BCUT2D eigenvalue weighted by Gasteiger charge is 2.19. The smallest absolute Gasteiger partial charge is 0.295 e. The molecule has 0 unspecified atom stereocenters. The maximum atomic E-state index is 12.8. The van der Waals surface area contributed by atoms with Crippen molar-refractivity contribution in [3.63, 3.8) is 0 Å². The first-order chi connectivity index (χ1) is 12.1. The first kappa shape index (κ1) is 17.9. The van der Waals surface area contributed by atoms with Gasteiger partial charge in [0.1, 0.15) is 5.69 Å². The molecule has 0 atom stereocenters. The average Bonchev–Trinajstić information content (AvgIpc) is 2.85. The number of carbonyl (C=O) groups is 1. The highest BCUT2D eigenvalue weighted by Crippen LogP contribution is 2.28. The SMILES string of the molecule is Cc1c(NC(=O)CSC2CCCCC2)c(=O)n(-c2ccccc2)n1C. The number of nitrogens with zero attached hydrogens (tertiary/aromatic N) is 2. The average molecular weight is 359 g/mol. The molecule has 2 aromatic rings. The van der Waals surface area contributed by atoms with Gasteiger partial charge in [-0.1, -0.05) is 37.5 Å². The van der Waals surface area contributed by atoms with Gasteiger partial charge < -0.3 is 5.32 Å². The van der Waals surface area contributed by atoms with Crippen LogP contribution in [0.25, 0.3) is 5.69 Å². The van der Waals surface area contributed by atoms with Gasteiger partial charge in [0.25, 0.3) is 5.56 Å². The normalized spacial score (nSPS) is 15.3. The fourth-order valence-corrected chi connectivity index (χ4v) is 4.44. The van der Waals surface area contributed by atoms with Gasteiger partial charge in [-0.3, -0.25) is 14.3 Å². The number of anilines is 1. The molecule has 134 valence electrons. The molecule has 1 aromatic carbocycles. The van der Waals surface area contributed by atoms with Crippen molar-refractivity contribution in [2.24, 2.45) is 7.05 Å². The van der Waals surface area contributed by atoms with E-state index in [1.165, 1.54) is 32.1 Å². The topological polar surface area (TPSA) is 56.0 Å². The molecule has 1 aliphatic carbocycles. The van der Waals surface area contributed by atoms with Crippen LogP contribution < -0.4 is 10.9 Å². The number of thioether (sulfide) groups is 1. The summed E-state index contributed by atoms with van der Waals surface area (Å²) in [6, 6.07) is 9.46. The summed E-state index contributed by atoms with van der Waals surface area (Å²) in [5.74, 6) is 0.311. The van der Waals surface area contributed by atoms with Crippen LogP contribution in [0.1, 0.15) is 37.8 Å². The van der Waals surface area contributed by atoms with Crippen molar-refractivity contribution in [1.29, 1.82) is 0 Å². The highest BCUT2D eigenvalue weighted by atomic mass is 32.2. The van der Waals surface area contributed by atoms with E-state index in [2.05, 4.69) is 5.32 Å². The number of benzene rings is 1. The zero-order chi connectivity index (χ0) is 17.8. The van der Waals surface area contributed by atoms with Crippen LogP contribution >= 0.6 is 11.8 Å². The molecule has 0 spiro atoms. The molecule has 1 aromatic heterocycles. The van der Waals surface area contributed by atoms with Crippen LogP contribution in [0.2, 0.25) is 0 Å². The summed E-state index contributed by atoms with van der Waals surface area (Å²) in [5.41, 5.74) is 1.72. The first-order valence-electron chi connectivity index (χ1n) is 8.83. The second kappa shape index (κ2) is 7.95. The number of rotatable bonds is 5. The third-order valence-electron chi connectivity index (χ3n) is 4.82. The number of amides is 1. The van der Waals surface area contributed by atoms with Crippen LogP contribution in [0.15, 0.2) is 35.1 Å². The Morgan fingerprint density at radius 2 is 1.88 bits per heavy atom. The Hall–Kier alpha value is -1.95. The van der Waals surface area contributed by atoms with Gasteiger partial charge in [0, 0.05) is 12.3 Å². The Kier molecular flexibility index (Phi) is 5.68. The summed E-state index contributed by atoms with van der Waals surface area (Å²) < 4.78 is 3.36. The Balaban J connectivity index is 1.72. The maximum Gasteiger partial charge on any atom is 0.295 e. The molecule has 5 nitrogen and oxygen atoms in total. The van der Waals surface area contributed by atoms with Gasteiger partial charge in [-0.05, 0) is 31.9 Å². The molecule has 1 saturated carbocycles. The Morgan fingerprint density at radius 1 is 1.20 bits per heavy atom. The molecule has 6 heteroatoms. The summed E-state index contributed by atoms with van der Waals surface area (Å²) in [5, 5.41) is 3.42. The second-order valence-corrected chi connectivity index (χ2v) is 7.84. The Labute approximate surface area is 152 Å². The van der Waals surface area contributed by atoms with E-state index in [4.69, 9.17) is 0 Å². The fourth-order valence-electron chi connectivity index (χ4n) is 3.31. The van der Waals surface area contributed by atoms with Gasteiger partial charge in [-0.25, -0.2) is 4.68 Å². The van der Waals surface area contributed by atoms with Crippen molar-refractivity contribution in [3.8, 4) is 5.69 Å². The van der Waals surface area contributed by atoms with Crippen LogP contribution in [0.3, 0.4) is 0 Å². The lowest BCUT2D eigenvalue weighted by Gasteiger charge is -2.20. The zero-order valence-electron chi connectivity index (χ0n) is 14.8. The van der Waals surface area contributed by atoms with Crippen molar-refractivity contribution < 1.29 is 4.79 Å². The summed E-state index contributed by atoms with van der Waals surface area (Å²) in [6.07, 6.45) is 6.23.